The van der Waals surface area contributed by atoms with E-state index < -0.39 is 40.0 Å². The highest BCUT2D eigenvalue weighted by molar-refractivity contribution is 7.92. The molecule has 0 unspecified atom stereocenters. The molecular formula is C30H34Cl3N3O4S. The summed E-state index contributed by atoms with van der Waals surface area (Å²) in [6.45, 7) is 6.55. The Hall–Kier alpha value is -2.78. The van der Waals surface area contributed by atoms with Crippen molar-refractivity contribution in [2.45, 2.75) is 52.2 Å². The summed E-state index contributed by atoms with van der Waals surface area (Å²) in [5, 5.41) is 3.92. The Morgan fingerprint density at radius 1 is 0.927 bits per heavy atom. The van der Waals surface area contributed by atoms with Crippen molar-refractivity contribution in [3.05, 3.63) is 98.5 Å². The van der Waals surface area contributed by atoms with Crippen molar-refractivity contribution in [3.63, 3.8) is 0 Å². The number of nitrogens with zero attached hydrogens (tertiary/aromatic N) is 2. The number of carbonyl (C=O) groups excluding carboxylic acids is 2. The second-order valence-electron chi connectivity index (χ2n) is 10.9. The Morgan fingerprint density at radius 2 is 1.54 bits per heavy atom. The van der Waals surface area contributed by atoms with Crippen LogP contribution in [0.15, 0.2) is 66.7 Å². The first-order valence-corrected chi connectivity index (χ1v) is 15.9. The first-order valence-electron chi connectivity index (χ1n) is 12.9. The summed E-state index contributed by atoms with van der Waals surface area (Å²) in [5.74, 6) is -1.02. The summed E-state index contributed by atoms with van der Waals surface area (Å²) in [6, 6.07) is 18.0. The van der Waals surface area contributed by atoms with Crippen LogP contribution in [0.2, 0.25) is 15.1 Å². The molecular weight excluding hydrogens is 605 g/mol. The molecule has 3 rings (SSSR count). The Kier molecular flexibility index (Phi) is 10.7. The van der Waals surface area contributed by atoms with Gasteiger partial charge >= 0.3 is 0 Å². The van der Waals surface area contributed by atoms with Gasteiger partial charge in [0.25, 0.3) is 0 Å². The predicted octanol–water partition coefficient (Wildman–Crippen LogP) is 6.28. The molecule has 0 aliphatic rings. The van der Waals surface area contributed by atoms with E-state index >= 15 is 0 Å². The zero-order valence-corrected chi connectivity index (χ0v) is 26.7. The van der Waals surface area contributed by atoms with Gasteiger partial charge in [0.2, 0.25) is 21.8 Å². The highest BCUT2D eigenvalue weighted by atomic mass is 35.5. The van der Waals surface area contributed by atoms with Gasteiger partial charge in [0, 0.05) is 39.1 Å². The fraction of sp³-hybridized carbons (Fsp3) is 0.333. The van der Waals surface area contributed by atoms with E-state index in [1.165, 1.54) is 11.0 Å². The van der Waals surface area contributed by atoms with Gasteiger partial charge in [0.1, 0.15) is 12.6 Å². The molecule has 0 saturated heterocycles. The number of carbonyl (C=O) groups is 2. The lowest BCUT2D eigenvalue weighted by Gasteiger charge is -2.35. The van der Waals surface area contributed by atoms with Crippen molar-refractivity contribution in [2.24, 2.45) is 0 Å². The van der Waals surface area contributed by atoms with Crippen molar-refractivity contribution in [3.8, 4) is 0 Å². The van der Waals surface area contributed by atoms with Crippen LogP contribution in [-0.2, 0) is 32.6 Å². The number of rotatable bonds is 10. The summed E-state index contributed by atoms with van der Waals surface area (Å²) < 4.78 is 27.0. The molecule has 0 saturated carbocycles. The number of hydrogen-bond donors (Lipinski definition) is 1. The van der Waals surface area contributed by atoms with Gasteiger partial charge in [-0.2, -0.15) is 0 Å². The van der Waals surface area contributed by atoms with E-state index in [2.05, 4.69) is 5.32 Å². The molecule has 0 fully saturated rings. The number of aryl methyl sites for hydroxylation is 1. The predicted molar refractivity (Wildman–Crippen MR) is 167 cm³/mol. The van der Waals surface area contributed by atoms with Crippen molar-refractivity contribution >= 4 is 62.3 Å². The van der Waals surface area contributed by atoms with Gasteiger partial charge in [-0.3, -0.25) is 13.9 Å². The van der Waals surface area contributed by atoms with Crippen molar-refractivity contribution in [1.29, 1.82) is 0 Å². The monoisotopic (exact) mass is 637 g/mol. The molecule has 0 spiro atoms. The minimum Gasteiger partial charge on any atom is -0.350 e. The molecule has 1 N–H and O–H groups in total. The van der Waals surface area contributed by atoms with E-state index in [1.807, 2.05) is 51.1 Å². The number of halogens is 3. The molecule has 3 aromatic carbocycles. The highest BCUT2D eigenvalue weighted by Gasteiger charge is 2.35. The first kappa shape index (κ1) is 32.7. The van der Waals surface area contributed by atoms with Crippen LogP contribution in [0.5, 0.6) is 0 Å². The van der Waals surface area contributed by atoms with Crippen molar-refractivity contribution in [1.82, 2.24) is 10.2 Å². The normalized spacial score (nSPS) is 12.5. The smallest absolute Gasteiger partial charge is 0.244 e. The third-order valence-corrected chi connectivity index (χ3v) is 8.35. The molecule has 0 heterocycles. The minimum absolute atomic E-state index is 0.126. The summed E-state index contributed by atoms with van der Waals surface area (Å²) >= 11 is 19.2. The van der Waals surface area contributed by atoms with E-state index in [9.17, 15) is 18.0 Å². The lowest BCUT2D eigenvalue weighted by molar-refractivity contribution is -0.140. The minimum atomic E-state index is -3.93. The maximum absolute atomic E-state index is 14.2. The topological polar surface area (TPSA) is 86.8 Å². The molecule has 2 amide bonds. The zero-order valence-electron chi connectivity index (χ0n) is 23.6. The fourth-order valence-electron chi connectivity index (χ4n) is 4.31. The molecule has 0 bridgehead atoms. The Balaban J connectivity index is 2.15. The number of amides is 2. The molecule has 3 aromatic rings. The van der Waals surface area contributed by atoms with E-state index in [-0.39, 0.29) is 18.7 Å². The number of nitrogens with one attached hydrogen (secondary N) is 1. The van der Waals surface area contributed by atoms with Crippen LogP contribution in [0.1, 0.15) is 37.5 Å². The molecule has 11 heteroatoms. The van der Waals surface area contributed by atoms with Crippen LogP contribution in [0.25, 0.3) is 0 Å². The van der Waals surface area contributed by atoms with E-state index in [1.54, 1.807) is 37.3 Å². The number of sulfonamides is 1. The second-order valence-corrected chi connectivity index (χ2v) is 14.0. The molecule has 0 aliphatic heterocycles. The average Bonchev–Trinajstić information content (AvgIpc) is 2.86. The van der Waals surface area contributed by atoms with E-state index in [4.69, 9.17) is 34.8 Å². The standard InChI is InChI=1S/C30H34Cl3N3O4S/c1-20-14-15-22(31)17-26(20)36(41(5,39)40)19-28(37)35(18-23-24(32)12-9-13-25(23)33)27(29(38)34-30(2,3)4)16-21-10-7-6-8-11-21/h6-15,17,27H,16,18-19H2,1-5H3,(H,34,38)/t27-/m1/s1. The van der Waals surface area contributed by atoms with Crippen molar-refractivity contribution < 1.29 is 18.0 Å². The van der Waals surface area contributed by atoms with Gasteiger partial charge in [-0.25, -0.2) is 8.42 Å². The van der Waals surface area contributed by atoms with Crippen LogP contribution in [0.4, 0.5) is 5.69 Å². The van der Waals surface area contributed by atoms with Crippen molar-refractivity contribution in [2.75, 3.05) is 17.1 Å². The quantitative estimate of drug-likeness (QED) is 0.283. The Bertz CT molecular complexity index is 1490. The first-order chi connectivity index (χ1) is 19.1. The highest BCUT2D eigenvalue weighted by Crippen LogP contribution is 2.29. The lowest BCUT2D eigenvalue weighted by atomic mass is 10.0. The Labute approximate surface area is 257 Å². The van der Waals surface area contributed by atoms with Gasteiger partial charge in [0.05, 0.1) is 11.9 Å². The maximum atomic E-state index is 14.2. The molecule has 220 valence electrons. The Morgan fingerprint density at radius 3 is 2.10 bits per heavy atom. The largest absolute Gasteiger partial charge is 0.350 e. The maximum Gasteiger partial charge on any atom is 0.244 e. The van der Waals surface area contributed by atoms with E-state index in [0.717, 1.165) is 16.1 Å². The van der Waals surface area contributed by atoms with Gasteiger partial charge < -0.3 is 10.2 Å². The van der Waals surface area contributed by atoms with Crippen LogP contribution >= 0.6 is 34.8 Å². The number of anilines is 1. The average molecular weight is 639 g/mol. The second kappa shape index (κ2) is 13.5. The molecule has 0 radical (unpaired) electrons. The summed E-state index contributed by atoms with van der Waals surface area (Å²) in [4.78, 5) is 29.4. The van der Waals surface area contributed by atoms with Crippen LogP contribution in [-0.4, -0.2) is 49.5 Å². The summed E-state index contributed by atoms with van der Waals surface area (Å²) in [6.07, 6.45) is 1.19. The molecule has 41 heavy (non-hydrogen) atoms. The van der Waals surface area contributed by atoms with Crippen LogP contribution in [0.3, 0.4) is 0 Å². The van der Waals surface area contributed by atoms with Gasteiger partial charge in [-0.05, 0) is 63.1 Å². The van der Waals surface area contributed by atoms with Crippen LogP contribution < -0.4 is 9.62 Å². The molecule has 0 aliphatic carbocycles. The lowest BCUT2D eigenvalue weighted by Crippen LogP contribution is -2.56. The fourth-order valence-corrected chi connectivity index (χ4v) is 5.89. The molecule has 7 nitrogen and oxygen atoms in total. The molecule has 0 aromatic heterocycles. The van der Waals surface area contributed by atoms with Gasteiger partial charge in [-0.15, -0.1) is 0 Å². The molecule has 1 atom stereocenters. The summed E-state index contributed by atoms with van der Waals surface area (Å²) in [7, 11) is -3.93. The number of hydrogen-bond acceptors (Lipinski definition) is 4. The summed E-state index contributed by atoms with van der Waals surface area (Å²) in [5.41, 5.74) is 1.54. The van der Waals surface area contributed by atoms with E-state index in [0.29, 0.717) is 26.2 Å². The SMILES string of the molecule is Cc1ccc(Cl)cc1N(CC(=O)N(Cc1c(Cl)cccc1Cl)[C@H](Cc1ccccc1)C(=O)NC(C)(C)C)S(C)(=O)=O. The van der Waals surface area contributed by atoms with Gasteiger partial charge in [-0.1, -0.05) is 77.3 Å². The third kappa shape index (κ3) is 9.10. The van der Waals surface area contributed by atoms with Crippen LogP contribution in [0, 0.1) is 6.92 Å². The van der Waals surface area contributed by atoms with Gasteiger partial charge in [0.15, 0.2) is 0 Å². The number of benzene rings is 3. The zero-order chi connectivity index (χ0) is 30.5. The third-order valence-electron chi connectivity index (χ3n) is 6.28.